The first-order valence-electron chi connectivity index (χ1n) is 11.2. The van der Waals surface area contributed by atoms with Gasteiger partial charge in [0.1, 0.15) is 5.69 Å². The number of nitrogens with one attached hydrogen (secondary N) is 2. The van der Waals surface area contributed by atoms with Crippen LogP contribution in [0.3, 0.4) is 0 Å². The first-order chi connectivity index (χ1) is 16.5. The van der Waals surface area contributed by atoms with Crippen LogP contribution in [0.5, 0.6) is 0 Å². The summed E-state index contributed by atoms with van der Waals surface area (Å²) in [5.41, 5.74) is 0.587. The number of aromatic nitrogens is 1. The molecule has 1 aromatic carbocycles. The van der Waals surface area contributed by atoms with Gasteiger partial charge in [-0.15, -0.1) is 0 Å². The average molecular weight is 485 g/mol. The average Bonchev–Trinajstić information content (AvgIpc) is 3.24. The number of esters is 1. The van der Waals surface area contributed by atoms with Gasteiger partial charge in [-0.2, -0.15) is 0 Å². The molecule has 2 heterocycles. The molecule has 0 radical (unpaired) electrons. The number of nitro benzene ring substituents is 1. The highest BCUT2D eigenvalue weighted by molar-refractivity contribution is 6.46. The van der Waals surface area contributed by atoms with Crippen LogP contribution in [0.1, 0.15) is 45.8 Å². The topological polar surface area (TPSA) is 150 Å². The Morgan fingerprint density at radius 2 is 1.94 bits per heavy atom. The summed E-state index contributed by atoms with van der Waals surface area (Å²) in [7, 11) is 3.76. The van der Waals surface area contributed by atoms with E-state index in [1.165, 1.54) is 23.1 Å². The number of aryl methyl sites for hydroxylation is 1. The van der Waals surface area contributed by atoms with Crippen LogP contribution in [0.15, 0.2) is 29.8 Å². The van der Waals surface area contributed by atoms with Gasteiger partial charge in [0.15, 0.2) is 0 Å². The zero-order chi connectivity index (χ0) is 26.0. The molecule has 1 fully saturated rings. The van der Waals surface area contributed by atoms with E-state index >= 15 is 0 Å². The number of ketones is 1. The highest BCUT2D eigenvalue weighted by atomic mass is 16.6. The van der Waals surface area contributed by atoms with Crippen molar-refractivity contribution in [2.75, 3.05) is 33.8 Å². The van der Waals surface area contributed by atoms with Crippen molar-refractivity contribution in [2.45, 2.75) is 26.8 Å². The lowest BCUT2D eigenvalue weighted by Gasteiger charge is -2.27. The number of likely N-dealkylation sites (tertiary alicyclic amines) is 1. The Hall–Kier alpha value is -3.99. The number of likely N-dealkylation sites (N-methyl/N-ethyl adjacent to an activating group) is 1. The second kappa shape index (κ2) is 10.1. The van der Waals surface area contributed by atoms with Gasteiger partial charge in [0.25, 0.3) is 11.6 Å². The monoisotopic (exact) mass is 484 g/mol. The number of benzene rings is 1. The Morgan fingerprint density at radius 1 is 1.26 bits per heavy atom. The molecule has 1 atom stereocenters. The maximum atomic E-state index is 13.8. The number of carbonyl (C=O) groups is 3. The molecular formula is C24H28N4O7. The minimum atomic E-state index is -1.10. The first-order valence-corrected chi connectivity index (χ1v) is 11.2. The molecule has 1 aromatic heterocycles. The van der Waals surface area contributed by atoms with E-state index in [4.69, 9.17) is 4.74 Å². The van der Waals surface area contributed by atoms with Crippen LogP contribution >= 0.6 is 0 Å². The summed E-state index contributed by atoms with van der Waals surface area (Å²) >= 11 is 0. The SMILES string of the molecule is CCOC(=O)c1[nH]c(C)c(/C([O-])=C2\C(=O)C(=O)N(CC[NH+](C)C)C2c2cccc([N+](=O)[O-])c2)c1C. The van der Waals surface area contributed by atoms with Crippen molar-refractivity contribution in [3.05, 3.63) is 68.0 Å². The van der Waals surface area contributed by atoms with E-state index < -0.39 is 34.4 Å². The number of Topliss-reactive ketones (excluding diaryl/α,β-unsaturated/α-hetero) is 1. The van der Waals surface area contributed by atoms with E-state index in [-0.39, 0.29) is 41.2 Å². The van der Waals surface area contributed by atoms with Crippen molar-refractivity contribution in [3.63, 3.8) is 0 Å². The fraction of sp³-hybridized carbons (Fsp3) is 0.375. The molecule has 1 amide bonds. The van der Waals surface area contributed by atoms with E-state index in [0.717, 1.165) is 4.90 Å². The van der Waals surface area contributed by atoms with Crippen LogP contribution < -0.4 is 10.0 Å². The van der Waals surface area contributed by atoms with Gasteiger partial charge in [-0.25, -0.2) is 4.79 Å². The summed E-state index contributed by atoms with van der Waals surface area (Å²) in [5, 5.41) is 25.1. The Bertz CT molecular complexity index is 1230. The van der Waals surface area contributed by atoms with Gasteiger partial charge in [-0.3, -0.25) is 19.7 Å². The van der Waals surface area contributed by atoms with Gasteiger partial charge in [-0.1, -0.05) is 17.9 Å². The molecule has 0 bridgehead atoms. The fourth-order valence-electron chi connectivity index (χ4n) is 4.23. The minimum Gasteiger partial charge on any atom is -0.872 e. The summed E-state index contributed by atoms with van der Waals surface area (Å²) in [6.45, 7) is 5.58. The molecule has 0 aliphatic carbocycles. The molecule has 0 saturated carbocycles. The maximum absolute atomic E-state index is 13.8. The zero-order valence-corrected chi connectivity index (χ0v) is 20.3. The summed E-state index contributed by atoms with van der Waals surface area (Å²) in [5.74, 6) is -3.15. The lowest BCUT2D eigenvalue weighted by atomic mass is 9.93. The maximum Gasteiger partial charge on any atom is 0.355 e. The van der Waals surface area contributed by atoms with E-state index in [0.29, 0.717) is 17.8 Å². The van der Waals surface area contributed by atoms with E-state index in [1.807, 2.05) is 14.1 Å². The number of carbonyl (C=O) groups excluding carboxylic acids is 3. The fourth-order valence-corrected chi connectivity index (χ4v) is 4.23. The number of rotatable bonds is 8. The van der Waals surface area contributed by atoms with Gasteiger partial charge < -0.3 is 24.6 Å². The van der Waals surface area contributed by atoms with E-state index in [1.54, 1.807) is 26.8 Å². The van der Waals surface area contributed by atoms with Gasteiger partial charge in [0.05, 0.1) is 44.8 Å². The van der Waals surface area contributed by atoms with Crippen molar-refractivity contribution in [1.82, 2.24) is 9.88 Å². The van der Waals surface area contributed by atoms with Crippen molar-refractivity contribution in [3.8, 4) is 0 Å². The number of ether oxygens (including phenoxy) is 1. The van der Waals surface area contributed by atoms with Gasteiger partial charge in [0.2, 0.25) is 5.78 Å². The summed E-state index contributed by atoms with van der Waals surface area (Å²) in [6, 6.07) is 4.46. The van der Waals surface area contributed by atoms with Crippen LogP contribution in [0.2, 0.25) is 0 Å². The number of non-ortho nitro benzene ring substituents is 1. The number of amides is 1. The van der Waals surface area contributed by atoms with Gasteiger partial charge in [-0.05, 0) is 37.5 Å². The van der Waals surface area contributed by atoms with Crippen LogP contribution in [-0.4, -0.2) is 66.3 Å². The molecule has 1 aliphatic heterocycles. The minimum absolute atomic E-state index is 0.0880. The Kier molecular flexibility index (Phi) is 7.39. The molecule has 35 heavy (non-hydrogen) atoms. The van der Waals surface area contributed by atoms with Crippen molar-refractivity contribution >= 4 is 29.1 Å². The number of aromatic amines is 1. The Balaban J connectivity index is 2.24. The smallest absolute Gasteiger partial charge is 0.355 e. The second-order valence-electron chi connectivity index (χ2n) is 8.63. The predicted octanol–water partition coefficient (Wildman–Crippen LogP) is 0.0849. The number of nitro groups is 1. The third kappa shape index (κ3) is 4.80. The molecule has 1 saturated heterocycles. The lowest BCUT2D eigenvalue weighted by Crippen LogP contribution is -3.06. The van der Waals surface area contributed by atoms with Gasteiger partial charge in [0, 0.05) is 23.4 Å². The molecule has 11 nitrogen and oxygen atoms in total. The zero-order valence-electron chi connectivity index (χ0n) is 20.3. The second-order valence-corrected chi connectivity index (χ2v) is 8.63. The third-order valence-electron chi connectivity index (χ3n) is 5.92. The molecule has 0 spiro atoms. The molecule has 11 heteroatoms. The van der Waals surface area contributed by atoms with Crippen LogP contribution in [0, 0.1) is 24.0 Å². The molecular weight excluding hydrogens is 456 g/mol. The van der Waals surface area contributed by atoms with Crippen LogP contribution in [0.4, 0.5) is 5.69 Å². The van der Waals surface area contributed by atoms with Gasteiger partial charge >= 0.3 is 5.97 Å². The number of hydrogen-bond donors (Lipinski definition) is 2. The Morgan fingerprint density at radius 3 is 2.54 bits per heavy atom. The number of H-pyrrole nitrogens is 1. The van der Waals surface area contributed by atoms with E-state index in [9.17, 15) is 29.6 Å². The number of quaternary nitrogens is 1. The quantitative estimate of drug-likeness (QED) is 0.135. The largest absolute Gasteiger partial charge is 0.872 e. The van der Waals surface area contributed by atoms with Crippen molar-refractivity contribution in [1.29, 1.82) is 0 Å². The van der Waals surface area contributed by atoms with Crippen LogP contribution in [-0.2, 0) is 14.3 Å². The first kappa shape index (κ1) is 25.6. The van der Waals surface area contributed by atoms with Crippen molar-refractivity contribution < 1.29 is 34.1 Å². The highest BCUT2D eigenvalue weighted by Crippen LogP contribution is 2.40. The van der Waals surface area contributed by atoms with E-state index in [2.05, 4.69) is 4.98 Å². The normalized spacial score (nSPS) is 17.3. The molecule has 1 aliphatic rings. The standard InChI is InChI=1S/C24H28N4O7/c1-6-35-24(32)19-13(2)17(14(3)25-19)21(29)18-20(15-8-7-9-16(12-15)28(33)34)27(11-10-26(4)5)23(31)22(18)30/h7-9,12,20,25,29H,6,10-11H2,1-5H3/b21-18+. The lowest BCUT2D eigenvalue weighted by molar-refractivity contribution is -0.857. The van der Waals surface area contributed by atoms with Crippen LogP contribution in [0.25, 0.3) is 5.76 Å². The molecule has 2 aromatic rings. The third-order valence-corrected chi connectivity index (χ3v) is 5.92. The molecule has 3 rings (SSSR count). The summed E-state index contributed by atoms with van der Waals surface area (Å²) in [4.78, 5) is 54.4. The molecule has 186 valence electrons. The number of hydrogen-bond acceptors (Lipinski definition) is 7. The summed E-state index contributed by atoms with van der Waals surface area (Å²) in [6.07, 6.45) is 0. The Labute approximate surface area is 202 Å². The highest BCUT2D eigenvalue weighted by Gasteiger charge is 2.45. The molecule has 2 N–H and O–H groups in total. The molecule has 1 unspecified atom stereocenters. The number of nitrogens with zero attached hydrogens (tertiary/aromatic N) is 2. The van der Waals surface area contributed by atoms with Crippen molar-refractivity contribution in [2.24, 2.45) is 0 Å². The predicted molar refractivity (Wildman–Crippen MR) is 123 cm³/mol. The summed E-state index contributed by atoms with van der Waals surface area (Å²) < 4.78 is 5.03.